The highest BCUT2D eigenvalue weighted by Crippen LogP contribution is 2.28. The number of rotatable bonds is 6. The van der Waals surface area contributed by atoms with Crippen molar-refractivity contribution >= 4 is 29.3 Å². The lowest BCUT2D eigenvalue weighted by Crippen LogP contribution is -2.49. The quantitative estimate of drug-likeness (QED) is 0.724. The van der Waals surface area contributed by atoms with Crippen molar-refractivity contribution < 1.29 is 23.5 Å². The van der Waals surface area contributed by atoms with Crippen molar-refractivity contribution in [1.29, 1.82) is 0 Å². The van der Waals surface area contributed by atoms with Crippen LogP contribution in [-0.4, -0.2) is 68.2 Å². The molecule has 0 radical (unpaired) electrons. The lowest BCUT2D eigenvalue weighted by molar-refractivity contribution is -0.130. The molecule has 33 heavy (non-hydrogen) atoms. The van der Waals surface area contributed by atoms with Crippen LogP contribution in [0.4, 0.5) is 20.6 Å². The molecule has 2 aromatic rings. The van der Waals surface area contributed by atoms with E-state index in [2.05, 4.69) is 5.32 Å². The molecule has 9 heteroatoms. The van der Waals surface area contributed by atoms with E-state index < -0.39 is 18.0 Å². The Morgan fingerprint density at radius 3 is 2.48 bits per heavy atom. The zero-order chi connectivity index (χ0) is 23.4. The number of halogens is 1. The number of hydrogen-bond donors (Lipinski definition) is 1. The molecule has 0 unspecified atom stereocenters. The summed E-state index contributed by atoms with van der Waals surface area (Å²) in [6, 6.07) is 14.3. The lowest BCUT2D eigenvalue weighted by atomic mass is 10.1. The number of nitrogens with one attached hydrogen (secondary N) is 1. The molecule has 2 saturated heterocycles. The molecule has 0 aliphatic carbocycles. The standard InChI is InChI=1S/C24H27FN4O4/c1-17(30)26-15-20-16-29(24(32)33-20)19-7-8-22(21(25)14-19)27-9-11-28(12-10-27)23(31)13-18-5-3-2-4-6-18/h2-8,14,20H,9-13,15-16H2,1H3,(H,26,30)/t20-/m0/s1. The van der Waals surface area contributed by atoms with Gasteiger partial charge in [0.05, 0.1) is 30.9 Å². The second-order valence-electron chi connectivity index (χ2n) is 8.22. The van der Waals surface area contributed by atoms with E-state index in [0.717, 1.165) is 5.56 Å². The number of benzene rings is 2. The number of carbonyl (C=O) groups is 3. The minimum atomic E-state index is -0.567. The zero-order valence-corrected chi connectivity index (χ0v) is 18.5. The van der Waals surface area contributed by atoms with E-state index in [9.17, 15) is 18.8 Å². The average molecular weight is 455 g/mol. The zero-order valence-electron chi connectivity index (χ0n) is 18.5. The van der Waals surface area contributed by atoms with Crippen LogP contribution in [0, 0.1) is 5.82 Å². The summed E-state index contributed by atoms with van der Waals surface area (Å²) < 4.78 is 20.2. The summed E-state index contributed by atoms with van der Waals surface area (Å²) >= 11 is 0. The van der Waals surface area contributed by atoms with Gasteiger partial charge in [-0.2, -0.15) is 0 Å². The smallest absolute Gasteiger partial charge is 0.414 e. The van der Waals surface area contributed by atoms with Crippen LogP contribution in [0.1, 0.15) is 12.5 Å². The summed E-state index contributed by atoms with van der Waals surface area (Å²) in [4.78, 5) is 40.9. The monoisotopic (exact) mass is 454 g/mol. The summed E-state index contributed by atoms with van der Waals surface area (Å²) in [6.45, 7) is 3.95. The largest absolute Gasteiger partial charge is 0.442 e. The molecule has 1 atom stereocenters. The van der Waals surface area contributed by atoms with E-state index >= 15 is 0 Å². The van der Waals surface area contributed by atoms with Crippen LogP contribution in [0.2, 0.25) is 0 Å². The second kappa shape index (κ2) is 9.89. The number of ether oxygens (including phenoxy) is 1. The highest BCUT2D eigenvalue weighted by Gasteiger charge is 2.33. The first-order valence-corrected chi connectivity index (χ1v) is 11.0. The van der Waals surface area contributed by atoms with Crippen molar-refractivity contribution in [1.82, 2.24) is 10.2 Å². The van der Waals surface area contributed by atoms with Gasteiger partial charge in [0.1, 0.15) is 11.9 Å². The Bertz CT molecular complexity index is 1020. The number of amides is 3. The third-order valence-corrected chi connectivity index (χ3v) is 5.87. The van der Waals surface area contributed by atoms with Gasteiger partial charge in [-0.3, -0.25) is 14.5 Å². The minimum Gasteiger partial charge on any atom is -0.442 e. The number of hydrogen-bond acceptors (Lipinski definition) is 5. The van der Waals surface area contributed by atoms with Crippen LogP contribution in [0.25, 0.3) is 0 Å². The normalized spacial score (nSPS) is 18.3. The number of carbonyl (C=O) groups excluding carboxylic acids is 3. The van der Waals surface area contributed by atoms with Crippen LogP contribution >= 0.6 is 0 Å². The first-order chi connectivity index (χ1) is 15.9. The summed E-state index contributed by atoms with van der Waals surface area (Å²) in [6.07, 6.45) is -0.688. The number of nitrogens with zero attached hydrogens (tertiary/aromatic N) is 3. The molecule has 2 fully saturated rings. The van der Waals surface area contributed by atoms with Crippen molar-refractivity contribution in [3.8, 4) is 0 Å². The maximum Gasteiger partial charge on any atom is 0.414 e. The summed E-state index contributed by atoms with van der Waals surface area (Å²) in [5.41, 5.74) is 1.82. The maximum absolute atomic E-state index is 15.0. The van der Waals surface area contributed by atoms with E-state index in [1.54, 1.807) is 12.1 Å². The van der Waals surface area contributed by atoms with Gasteiger partial charge in [0, 0.05) is 33.1 Å². The van der Waals surface area contributed by atoms with E-state index in [1.807, 2.05) is 40.1 Å². The van der Waals surface area contributed by atoms with Crippen molar-refractivity contribution in [3.05, 3.63) is 59.9 Å². The highest BCUT2D eigenvalue weighted by atomic mass is 19.1. The number of anilines is 2. The Balaban J connectivity index is 1.34. The molecule has 2 aliphatic rings. The second-order valence-corrected chi connectivity index (χ2v) is 8.22. The van der Waals surface area contributed by atoms with E-state index in [-0.39, 0.29) is 24.9 Å². The first-order valence-electron chi connectivity index (χ1n) is 11.0. The molecule has 0 aromatic heterocycles. The highest BCUT2D eigenvalue weighted by molar-refractivity contribution is 5.90. The molecule has 2 aliphatic heterocycles. The van der Waals surface area contributed by atoms with E-state index in [4.69, 9.17) is 4.74 Å². The molecule has 2 heterocycles. The van der Waals surface area contributed by atoms with E-state index in [1.165, 1.54) is 17.9 Å². The third-order valence-electron chi connectivity index (χ3n) is 5.87. The van der Waals surface area contributed by atoms with Gasteiger partial charge in [-0.25, -0.2) is 9.18 Å². The van der Waals surface area contributed by atoms with Gasteiger partial charge in [-0.05, 0) is 23.8 Å². The van der Waals surface area contributed by atoms with Crippen LogP contribution in [0.15, 0.2) is 48.5 Å². The molecule has 3 amide bonds. The topological polar surface area (TPSA) is 82.2 Å². The number of piperazine rings is 1. The molecular formula is C24H27FN4O4. The van der Waals surface area contributed by atoms with Crippen molar-refractivity contribution in [3.63, 3.8) is 0 Å². The SMILES string of the molecule is CC(=O)NC[C@H]1CN(c2ccc(N3CCN(C(=O)Cc4ccccc4)CC3)c(F)c2)C(=O)O1. The van der Waals surface area contributed by atoms with Gasteiger partial charge in [0.2, 0.25) is 11.8 Å². The molecule has 174 valence electrons. The van der Waals surface area contributed by atoms with Crippen LogP contribution in [0.3, 0.4) is 0 Å². The van der Waals surface area contributed by atoms with Gasteiger partial charge in [-0.15, -0.1) is 0 Å². The Hall–Kier alpha value is -3.62. The van der Waals surface area contributed by atoms with E-state index in [0.29, 0.717) is 44.0 Å². The van der Waals surface area contributed by atoms with Crippen molar-refractivity contribution in [2.45, 2.75) is 19.4 Å². The third kappa shape index (κ3) is 5.42. The van der Waals surface area contributed by atoms with Gasteiger partial charge in [0.25, 0.3) is 0 Å². The van der Waals surface area contributed by atoms with Crippen LogP contribution in [-0.2, 0) is 20.7 Å². The molecule has 1 N–H and O–H groups in total. The van der Waals surface area contributed by atoms with Gasteiger partial charge in [0.15, 0.2) is 0 Å². The van der Waals surface area contributed by atoms with Crippen LogP contribution in [0.5, 0.6) is 0 Å². The van der Waals surface area contributed by atoms with Gasteiger partial charge >= 0.3 is 6.09 Å². The first kappa shape index (κ1) is 22.6. The predicted molar refractivity (Wildman–Crippen MR) is 122 cm³/mol. The molecule has 4 rings (SSSR count). The Labute approximate surface area is 191 Å². The predicted octanol–water partition coefficient (Wildman–Crippen LogP) is 2.18. The summed E-state index contributed by atoms with van der Waals surface area (Å²) in [7, 11) is 0. The number of cyclic esters (lactones) is 1. The molecular weight excluding hydrogens is 427 g/mol. The summed E-state index contributed by atoms with van der Waals surface area (Å²) in [5, 5.41) is 2.62. The fourth-order valence-corrected chi connectivity index (χ4v) is 4.10. The average Bonchev–Trinajstić information content (AvgIpc) is 3.19. The van der Waals surface area contributed by atoms with Gasteiger partial charge in [-0.1, -0.05) is 30.3 Å². The molecule has 2 aromatic carbocycles. The molecule has 0 saturated carbocycles. The Morgan fingerprint density at radius 2 is 1.82 bits per heavy atom. The molecule has 0 bridgehead atoms. The fourth-order valence-electron chi connectivity index (χ4n) is 4.10. The maximum atomic E-state index is 15.0. The Kier molecular flexibility index (Phi) is 6.76. The molecule has 0 spiro atoms. The Morgan fingerprint density at radius 1 is 1.09 bits per heavy atom. The lowest BCUT2D eigenvalue weighted by Gasteiger charge is -2.36. The van der Waals surface area contributed by atoms with Crippen molar-refractivity contribution in [2.75, 3.05) is 49.1 Å². The molecule has 8 nitrogen and oxygen atoms in total. The fraction of sp³-hybridized carbons (Fsp3) is 0.375. The minimum absolute atomic E-state index is 0.0676. The van der Waals surface area contributed by atoms with Gasteiger partial charge < -0.3 is 19.9 Å². The van der Waals surface area contributed by atoms with Crippen molar-refractivity contribution in [2.24, 2.45) is 0 Å². The summed E-state index contributed by atoms with van der Waals surface area (Å²) in [5.74, 6) is -0.575. The van der Waals surface area contributed by atoms with Crippen LogP contribution < -0.4 is 15.1 Å².